The number of hydrogen-bond donors (Lipinski definition) is 2. The summed E-state index contributed by atoms with van der Waals surface area (Å²) in [6.07, 6.45) is 17.3. The third-order valence-corrected chi connectivity index (χ3v) is 8.84. The van der Waals surface area contributed by atoms with E-state index in [1.54, 1.807) is 6.92 Å². The molecule has 0 fully saturated rings. The Labute approximate surface area is 207 Å². The van der Waals surface area contributed by atoms with Crippen LogP contribution in [0.1, 0.15) is 124 Å². The molecule has 0 bridgehead atoms. The van der Waals surface area contributed by atoms with Gasteiger partial charge in [0.05, 0.1) is 12.7 Å². The first kappa shape index (κ1) is 32.9. The van der Waals surface area contributed by atoms with Gasteiger partial charge in [0.25, 0.3) is 5.85 Å². The van der Waals surface area contributed by atoms with Crippen LogP contribution in [0.4, 0.5) is 0 Å². The molecule has 0 aromatic rings. The Morgan fingerprint density at radius 3 is 1.88 bits per heavy atom. The molecule has 6 nitrogen and oxygen atoms in total. The molecule has 0 aromatic carbocycles. The summed E-state index contributed by atoms with van der Waals surface area (Å²) in [5, 5.41) is 9.59. The number of hydrogen-bond acceptors (Lipinski definition) is 5. The molecule has 0 saturated heterocycles. The van der Waals surface area contributed by atoms with Crippen LogP contribution in [0.5, 0.6) is 0 Å². The molecule has 4 unspecified atom stereocenters. The van der Waals surface area contributed by atoms with Gasteiger partial charge in [-0.05, 0) is 31.9 Å². The number of aliphatic carboxylic acids is 1. The molecule has 198 valence electrons. The summed E-state index contributed by atoms with van der Waals surface area (Å²) in [5.74, 6) is -2.29. The highest BCUT2D eigenvalue weighted by Crippen LogP contribution is 2.49. The first-order chi connectivity index (χ1) is 15.8. The molecule has 0 heterocycles. The molecular formula is C25H51O6PS. The topological polar surface area (TPSA) is 93.1 Å². The summed E-state index contributed by atoms with van der Waals surface area (Å²) in [4.78, 5) is 21.8. The third kappa shape index (κ3) is 17.1. The van der Waals surface area contributed by atoms with Crippen molar-refractivity contribution in [3.63, 3.8) is 0 Å². The molecule has 0 radical (unpaired) electrons. The van der Waals surface area contributed by atoms with Crippen molar-refractivity contribution in [2.24, 2.45) is 0 Å². The van der Waals surface area contributed by atoms with Crippen LogP contribution in [-0.2, 0) is 18.6 Å². The highest BCUT2D eigenvalue weighted by molar-refractivity contribution is 7.99. The quantitative estimate of drug-likeness (QED) is 0.100. The molecule has 2 N–H and O–H groups in total. The molecule has 8 heteroatoms. The van der Waals surface area contributed by atoms with Gasteiger partial charge in [-0.25, -0.2) is 4.79 Å². The van der Waals surface area contributed by atoms with Crippen molar-refractivity contribution in [1.29, 1.82) is 0 Å². The lowest BCUT2D eigenvalue weighted by Crippen LogP contribution is -2.34. The van der Waals surface area contributed by atoms with Gasteiger partial charge in [-0.3, -0.25) is 4.57 Å². The zero-order valence-corrected chi connectivity index (χ0v) is 23.3. The molecule has 33 heavy (non-hydrogen) atoms. The van der Waals surface area contributed by atoms with Crippen molar-refractivity contribution in [3.8, 4) is 0 Å². The van der Waals surface area contributed by atoms with Crippen LogP contribution < -0.4 is 0 Å². The molecule has 0 rings (SSSR count). The van der Waals surface area contributed by atoms with Crippen LogP contribution in [0.15, 0.2) is 0 Å². The van der Waals surface area contributed by atoms with Gasteiger partial charge in [0.2, 0.25) is 0 Å². The van der Waals surface area contributed by atoms with E-state index in [9.17, 15) is 19.4 Å². The minimum atomic E-state index is -4.39. The normalized spacial score (nSPS) is 16.3. The van der Waals surface area contributed by atoms with Crippen molar-refractivity contribution in [3.05, 3.63) is 0 Å². The second kappa shape index (κ2) is 21.2. The van der Waals surface area contributed by atoms with Gasteiger partial charge in [0.1, 0.15) is 0 Å². The predicted octanol–water partition coefficient (Wildman–Crippen LogP) is 8.02. The minimum absolute atomic E-state index is 0.0305. The molecular weight excluding hydrogens is 459 g/mol. The third-order valence-electron chi connectivity index (χ3n) is 5.78. The van der Waals surface area contributed by atoms with Crippen LogP contribution in [-0.4, -0.2) is 45.5 Å². The number of carboxylic acids is 1. The van der Waals surface area contributed by atoms with Gasteiger partial charge in [0.15, 0.2) is 0 Å². The summed E-state index contributed by atoms with van der Waals surface area (Å²) >= 11 is 1.81. The highest BCUT2D eigenvalue weighted by Gasteiger charge is 2.42. The van der Waals surface area contributed by atoms with E-state index in [4.69, 9.17) is 9.26 Å². The van der Waals surface area contributed by atoms with Crippen molar-refractivity contribution in [2.75, 3.05) is 12.4 Å². The van der Waals surface area contributed by atoms with Gasteiger partial charge in [0, 0.05) is 5.25 Å². The Balaban J connectivity index is 4.51. The molecule has 0 aliphatic heterocycles. The Morgan fingerprint density at radius 1 is 0.848 bits per heavy atom. The molecule has 0 aromatic heterocycles. The Bertz CT molecular complexity index is 519. The summed E-state index contributed by atoms with van der Waals surface area (Å²) in [6, 6.07) is 0. The van der Waals surface area contributed by atoms with Crippen LogP contribution in [0.3, 0.4) is 0 Å². The summed E-state index contributed by atoms with van der Waals surface area (Å²) in [6.45, 7) is 8.05. The van der Waals surface area contributed by atoms with Crippen molar-refractivity contribution >= 4 is 25.3 Å². The minimum Gasteiger partial charge on any atom is -0.479 e. The zero-order chi connectivity index (χ0) is 25.0. The monoisotopic (exact) mass is 510 g/mol. The molecule has 0 saturated carbocycles. The number of carboxylic acid groups (broad SMARTS) is 1. The number of unbranched alkanes of at least 4 members (excludes halogenated alkanes) is 11. The van der Waals surface area contributed by atoms with E-state index in [0.29, 0.717) is 6.42 Å². The molecule has 0 amide bonds. The fourth-order valence-corrected chi connectivity index (χ4v) is 6.28. The maximum absolute atomic E-state index is 12.4. The van der Waals surface area contributed by atoms with Crippen LogP contribution in [0.25, 0.3) is 0 Å². The second-order valence-corrected chi connectivity index (χ2v) is 12.2. The lowest BCUT2D eigenvalue weighted by atomic mass is 10.1. The van der Waals surface area contributed by atoms with Gasteiger partial charge >= 0.3 is 13.6 Å². The van der Waals surface area contributed by atoms with Crippen LogP contribution in [0.2, 0.25) is 0 Å². The van der Waals surface area contributed by atoms with Crippen LogP contribution >= 0.6 is 19.4 Å². The van der Waals surface area contributed by atoms with Gasteiger partial charge in [-0.1, -0.05) is 97.8 Å². The second-order valence-electron chi connectivity index (χ2n) is 9.02. The maximum Gasteiger partial charge on any atom is 0.368 e. The number of carbonyl (C=O) groups is 1. The Hall–Kier alpha value is -0.0700. The average molecular weight is 511 g/mol. The van der Waals surface area contributed by atoms with Crippen molar-refractivity contribution in [1.82, 2.24) is 0 Å². The van der Waals surface area contributed by atoms with Gasteiger partial charge in [-0.15, -0.1) is 0 Å². The first-order valence-electron chi connectivity index (χ1n) is 13.3. The van der Waals surface area contributed by atoms with E-state index in [1.165, 1.54) is 57.8 Å². The number of ether oxygens (including phenoxy) is 1. The molecule has 4 atom stereocenters. The molecule has 0 aliphatic carbocycles. The molecule has 0 spiro atoms. The number of rotatable bonds is 24. The SMILES string of the molecule is CCCCCCCCCCCCSC(CCCCC)C(C)OC(C(=O)O)P(=O)(O)OCCC. The highest BCUT2D eigenvalue weighted by atomic mass is 32.2. The molecule has 0 aliphatic rings. The van der Waals surface area contributed by atoms with E-state index in [1.807, 2.05) is 18.7 Å². The maximum atomic E-state index is 12.4. The first-order valence-corrected chi connectivity index (χ1v) is 16.0. The average Bonchev–Trinajstić information content (AvgIpc) is 2.78. The Morgan fingerprint density at radius 2 is 1.36 bits per heavy atom. The summed E-state index contributed by atoms with van der Waals surface area (Å²) in [7, 11) is -4.39. The fourth-order valence-electron chi connectivity index (χ4n) is 3.73. The van der Waals surface area contributed by atoms with Crippen molar-refractivity contribution < 1.29 is 28.6 Å². The Kier molecular flexibility index (Phi) is 21.2. The van der Waals surface area contributed by atoms with Gasteiger partial charge in [-0.2, -0.15) is 11.8 Å². The van der Waals surface area contributed by atoms with E-state index in [0.717, 1.165) is 37.9 Å². The zero-order valence-electron chi connectivity index (χ0n) is 21.6. The van der Waals surface area contributed by atoms with Crippen molar-refractivity contribution in [2.45, 2.75) is 141 Å². The summed E-state index contributed by atoms with van der Waals surface area (Å²) in [5.41, 5.74) is 0. The number of thioether (sulfide) groups is 1. The smallest absolute Gasteiger partial charge is 0.368 e. The van der Waals surface area contributed by atoms with E-state index in [2.05, 4.69) is 13.8 Å². The largest absolute Gasteiger partial charge is 0.479 e. The van der Waals surface area contributed by atoms with E-state index in [-0.39, 0.29) is 11.9 Å². The fraction of sp³-hybridized carbons (Fsp3) is 0.960. The van der Waals surface area contributed by atoms with Gasteiger partial charge < -0.3 is 19.3 Å². The van der Waals surface area contributed by atoms with E-state index < -0.39 is 25.5 Å². The lowest BCUT2D eigenvalue weighted by Gasteiger charge is -2.28. The summed E-state index contributed by atoms with van der Waals surface area (Å²) < 4.78 is 23.0. The standard InChI is InChI=1S/C25H51O6PS/c1-5-8-10-11-12-13-14-15-16-18-21-33-23(19-17-9-6-2)22(4)31-25(24(26)27)32(28,29)30-20-7-3/h22-23,25H,5-21H2,1-4H3,(H,26,27)(H,28,29). The van der Waals surface area contributed by atoms with Crippen LogP contribution in [0, 0.1) is 0 Å². The lowest BCUT2D eigenvalue weighted by molar-refractivity contribution is -0.148. The predicted molar refractivity (Wildman–Crippen MR) is 140 cm³/mol. The van der Waals surface area contributed by atoms with E-state index >= 15 is 0 Å².